The number of carbonyl (C=O) groups is 1. The largest absolute Gasteiger partial charge is 0.392 e. The molecular weight excluding hydrogens is 277 g/mol. The molecule has 3 N–H and O–H groups in total. The zero-order valence-electron chi connectivity index (χ0n) is 12.2. The molecule has 0 unspecified atom stereocenters. The Morgan fingerprint density at radius 2 is 2.10 bits per heavy atom. The molecule has 1 aromatic rings. The maximum atomic E-state index is 13.7. The molecule has 0 spiro atoms. The number of unbranched alkanes of at least 4 members (excludes halogenated alkanes) is 1. The van der Waals surface area contributed by atoms with Gasteiger partial charge in [0.15, 0.2) is 0 Å². The molecule has 0 aliphatic heterocycles. The van der Waals surface area contributed by atoms with Crippen molar-refractivity contribution in [1.29, 1.82) is 0 Å². The third kappa shape index (κ3) is 4.70. The number of nitrogens with zero attached hydrogens (tertiary/aromatic N) is 1. The number of nitrogens with one attached hydrogen (secondary N) is 1. The summed E-state index contributed by atoms with van der Waals surface area (Å²) in [6, 6.07) is 1.83. The lowest BCUT2D eigenvalue weighted by Crippen LogP contribution is -2.26. The van der Waals surface area contributed by atoms with E-state index in [1.165, 1.54) is 0 Å². The van der Waals surface area contributed by atoms with E-state index >= 15 is 0 Å². The van der Waals surface area contributed by atoms with E-state index in [4.69, 9.17) is 5.73 Å². The Hall–Kier alpha value is -2.18. The van der Waals surface area contributed by atoms with Gasteiger partial charge in [-0.15, -0.1) is 0 Å². The van der Waals surface area contributed by atoms with E-state index in [1.807, 2.05) is 0 Å². The van der Waals surface area contributed by atoms with Gasteiger partial charge >= 0.3 is 0 Å². The summed E-state index contributed by atoms with van der Waals surface area (Å²) >= 11 is 0. The Bertz CT molecular complexity index is 532. The van der Waals surface area contributed by atoms with Crippen molar-refractivity contribution in [2.24, 2.45) is 5.92 Å². The maximum Gasteiger partial charge on any atom is 0.293 e. The summed E-state index contributed by atoms with van der Waals surface area (Å²) in [5.41, 5.74) is 4.13. The molecule has 6 nitrogen and oxygen atoms in total. The number of hydrogen-bond donors (Lipinski definition) is 2. The molecule has 0 atom stereocenters. The number of hydrogen-bond acceptors (Lipinski definition) is 4. The van der Waals surface area contributed by atoms with Gasteiger partial charge in [-0.3, -0.25) is 14.9 Å². The van der Waals surface area contributed by atoms with Crippen molar-refractivity contribution in [3.05, 3.63) is 33.6 Å². The van der Waals surface area contributed by atoms with Crippen molar-refractivity contribution < 1.29 is 14.1 Å². The van der Waals surface area contributed by atoms with Crippen LogP contribution >= 0.6 is 0 Å². The van der Waals surface area contributed by atoms with E-state index in [0.29, 0.717) is 12.5 Å². The molecule has 0 aliphatic rings. The standard InChI is InChI=1S/C14H20FN3O3/c1-9(2)5-3-4-8-17-14(19)12-10(15)6-7-11(13(12)16)18(20)21/h6-7,9H,3-5,8,16H2,1-2H3,(H,17,19). The Morgan fingerprint density at radius 3 is 2.67 bits per heavy atom. The first-order valence-electron chi connectivity index (χ1n) is 6.85. The lowest BCUT2D eigenvalue weighted by atomic mass is 10.1. The van der Waals surface area contributed by atoms with Crippen LogP contribution in [0.4, 0.5) is 15.8 Å². The highest BCUT2D eigenvalue weighted by Crippen LogP contribution is 2.27. The topological polar surface area (TPSA) is 98.3 Å². The monoisotopic (exact) mass is 297 g/mol. The van der Waals surface area contributed by atoms with Crippen molar-refractivity contribution in [3.8, 4) is 0 Å². The zero-order valence-corrected chi connectivity index (χ0v) is 12.2. The number of nitro benzene ring substituents is 1. The van der Waals surface area contributed by atoms with E-state index in [0.717, 1.165) is 31.4 Å². The summed E-state index contributed by atoms with van der Waals surface area (Å²) in [5.74, 6) is -0.999. The van der Waals surface area contributed by atoms with Gasteiger partial charge in [0.2, 0.25) is 0 Å². The van der Waals surface area contributed by atoms with Crippen molar-refractivity contribution >= 4 is 17.3 Å². The number of nitrogens with two attached hydrogens (primary N) is 1. The molecule has 0 aromatic heterocycles. The van der Waals surface area contributed by atoms with Gasteiger partial charge in [-0.2, -0.15) is 0 Å². The van der Waals surface area contributed by atoms with Crippen molar-refractivity contribution in [2.75, 3.05) is 12.3 Å². The first-order chi connectivity index (χ1) is 9.84. The third-order valence-corrected chi connectivity index (χ3v) is 3.09. The highest BCUT2D eigenvalue weighted by Gasteiger charge is 2.23. The van der Waals surface area contributed by atoms with Crippen molar-refractivity contribution in [3.63, 3.8) is 0 Å². The van der Waals surface area contributed by atoms with Crippen LogP contribution in [0.15, 0.2) is 12.1 Å². The van der Waals surface area contributed by atoms with Gasteiger partial charge < -0.3 is 11.1 Å². The van der Waals surface area contributed by atoms with Crippen LogP contribution in [0.1, 0.15) is 43.5 Å². The lowest BCUT2D eigenvalue weighted by Gasteiger charge is -2.09. The smallest absolute Gasteiger partial charge is 0.293 e. The SMILES string of the molecule is CC(C)CCCCNC(=O)c1c(F)ccc([N+](=O)[O-])c1N. The first kappa shape index (κ1) is 16.9. The fourth-order valence-corrected chi connectivity index (χ4v) is 1.94. The highest BCUT2D eigenvalue weighted by molar-refractivity contribution is 6.01. The fourth-order valence-electron chi connectivity index (χ4n) is 1.94. The van der Waals surface area contributed by atoms with Crippen LogP contribution in [0.5, 0.6) is 0 Å². The molecule has 0 saturated heterocycles. The number of rotatable bonds is 7. The van der Waals surface area contributed by atoms with Gasteiger partial charge in [-0.1, -0.05) is 26.7 Å². The number of nitrogen functional groups attached to an aromatic ring is 1. The van der Waals surface area contributed by atoms with E-state index in [1.54, 1.807) is 0 Å². The summed E-state index contributed by atoms with van der Waals surface area (Å²) in [6.07, 6.45) is 2.76. The van der Waals surface area contributed by atoms with Crippen LogP contribution in [-0.4, -0.2) is 17.4 Å². The summed E-state index contributed by atoms with van der Waals surface area (Å²) in [5, 5.41) is 13.3. The number of carbonyl (C=O) groups excluding carboxylic acids is 1. The van der Waals surface area contributed by atoms with Crippen LogP contribution in [0.2, 0.25) is 0 Å². The average molecular weight is 297 g/mol. The molecule has 7 heteroatoms. The molecule has 0 radical (unpaired) electrons. The second-order valence-electron chi connectivity index (χ2n) is 5.26. The Morgan fingerprint density at radius 1 is 1.43 bits per heavy atom. The molecule has 0 bridgehead atoms. The summed E-state index contributed by atoms with van der Waals surface area (Å²) in [4.78, 5) is 21.9. The molecule has 1 aromatic carbocycles. The van der Waals surface area contributed by atoms with Crippen LogP contribution in [0.25, 0.3) is 0 Å². The van der Waals surface area contributed by atoms with Crippen LogP contribution in [-0.2, 0) is 0 Å². The molecule has 0 fully saturated rings. The Labute approximate surface area is 122 Å². The molecular formula is C14H20FN3O3. The normalized spacial score (nSPS) is 10.7. The number of nitro groups is 1. The Balaban J connectivity index is 2.70. The average Bonchev–Trinajstić information content (AvgIpc) is 2.37. The molecule has 1 amide bonds. The van der Waals surface area contributed by atoms with E-state index < -0.39 is 33.6 Å². The molecule has 0 saturated carbocycles. The Kier molecular flexibility index (Phi) is 6.08. The van der Waals surface area contributed by atoms with Crippen molar-refractivity contribution in [2.45, 2.75) is 33.1 Å². The maximum absolute atomic E-state index is 13.7. The summed E-state index contributed by atoms with van der Waals surface area (Å²) in [7, 11) is 0. The third-order valence-electron chi connectivity index (χ3n) is 3.09. The first-order valence-corrected chi connectivity index (χ1v) is 6.85. The number of anilines is 1. The minimum atomic E-state index is -0.863. The molecule has 0 aliphatic carbocycles. The highest BCUT2D eigenvalue weighted by atomic mass is 19.1. The fraction of sp³-hybridized carbons (Fsp3) is 0.500. The van der Waals surface area contributed by atoms with Crippen LogP contribution in [0, 0.1) is 21.8 Å². The quantitative estimate of drug-likeness (QED) is 0.350. The number of halogens is 1. The lowest BCUT2D eigenvalue weighted by molar-refractivity contribution is -0.384. The minimum Gasteiger partial charge on any atom is -0.392 e. The van der Waals surface area contributed by atoms with Gasteiger partial charge in [-0.05, 0) is 18.4 Å². The van der Waals surface area contributed by atoms with Gasteiger partial charge in [0, 0.05) is 12.6 Å². The zero-order chi connectivity index (χ0) is 16.0. The predicted octanol–water partition coefficient (Wildman–Crippen LogP) is 2.87. The molecule has 1 rings (SSSR count). The van der Waals surface area contributed by atoms with E-state index in [-0.39, 0.29) is 0 Å². The molecule has 21 heavy (non-hydrogen) atoms. The summed E-state index contributed by atoms with van der Waals surface area (Å²) in [6.45, 7) is 4.60. The molecule has 116 valence electrons. The van der Waals surface area contributed by atoms with E-state index in [2.05, 4.69) is 19.2 Å². The summed E-state index contributed by atoms with van der Waals surface area (Å²) < 4.78 is 13.7. The van der Waals surface area contributed by atoms with Gasteiger partial charge in [-0.25, -0.2) is 4.39 Å². The predicted molar refractivity (Wildman–Crippen MR) is 78.5 cm³/mol. The second-order valence-corrected chi connectivity index (χ2v) is 5.26. The van der Waals surface area contributed by atoms with Crippen LogP contribution in [0.3, 0.4) is 0 Å². The van der Waals surface area contributed by atoms with Gasteiger partial charge in [0.25, 0.3) is 11.6 Å². The number of benzene rings is 1. The second kappa shape index (κ2) is 7.56. The number of amides is 1. The van der Waals surface area contributed by atoms with E-state index in [9.17, 15) is 19.3 Å². The van der Waals surface area contributed by atoms with Gasteiger partial charge in [0.05, 0.1) is 4.92 Å². The minimum absolute atomic E-state index is 0.382. The van der Waals surface area contributed by atoms with Gasteiger partial charge in [0.1, 0.15) is 17.1 Å². The van der Waals surface area contributed by atoms with Crippen LogP contribution < -0.4 is 11.1 Å². The molecule has 0 heterocycles. The van der Waals surface area contributed by atoms with Crippen molar-refractivity contribution in [1.82, 2.24) is 5.32 Å².